The number of ether oxygens (including phenoxy) is 3. The van der Waals surface area contributed by atoms with Gasteiger partial charge < -0.3 is 14.2 Å². The maximum atomic E-state index is 12.3. The third kappa shape index (κ3) is 5.48. The molecule has 0 bridgehead atoms. The molecule has 6 nitrogen and oxygen atoms in total. The van der Waals surface area contributed by atoms with Crippen LogP contribution in [-0.2, 0) is 6.61 Å². The molecule has 0 atom stereocenters. The van der Waals surface area contributed by atoms with Crippen molar-refractivity contribution in [3.63, 3.8) is 0 Å². The SMILES string of the molecule is O=C(N/N=C/c1ccc2c(c1)OCCO2)c1ccc(OCc2ccc(Cl)cc2Cl)cc1. The molecule has 1 heterocycles. The number of hydrogen-bond acceptors (Lipinski definition) is 5. The van der Waals surface area contributed by atoms with Crippen LogP contribution in [0.4, 0.5) is 0 Å². The molecule has 1 N–H and O–H groups in total. The first-order chi connectivity index (χ1) is 15.1. The van der Waals surface area contributed by atoms with Gasteiger partial charge in [-0.3, -0.25) is 4.79 Å². The number of benzene rings is 3. The summed E-state index contributed by atoms with van der Waals surface area (Å²) in [6, 6.07) is 17.4. The van der Waals surface area contributed by atoms with Crippen LogP contribution in [0.2, 0.25) is 10.0 Å². The monoisotopic (exact) mass is 456 g/mol. The van der Waals surface area contributed by atoms with Crippen LogP contribution in [0.15, 0.2) is 65.8 Å². The maximum absolute atomic E-state index is 12.3. The molecule has 0 aromatic heterocycles. The predicted molar refractivity (Wildman–Crippen MR) is 120 cm³/mol. The normalized spacial score (nSPS) is 12.6. The van der Waals surface area contributed by atoms with Gasteiger partial charge in [0.25, 0.3) is 5.91 Å². The first-order valence-corrected chi connectivity index (χ1v) is 10.2. The Morgan fingerprint density at radius 1 is 1.00 bits per heavy atom. The van der Waals surface area contributed by atoms with E-state index in [0.29, 0.717) is 52.7 Å². The second-order valence-corrected chi connectivity index (χ2v) is 7.49. The highest BCUT2D eigenvalue weighted by atomic mass is 35.5. The molecule has 0 unspecified atom stereocenters. The Morgan fingerprint density at radius 2 is 1.77 bits per heavy atom. The lowest BCUT2D eigenvalue weighted by molar-refractivity contribution is 0.0955. The Hall–Kier alpha value is -3.22. The molecule has 0 saturated carbocycles. The van der Waals surface area contributed by atoms with Crippen molar-refractivity contribution < 1.29 is 19.0 Å². The van der Waals surface area contributed by atoms with Crippen LogP contribution < -0.4 is 19.6 Å². The zero-order valence-electron chi connectivity index (χ0n) is 16.3. The zero-order valence-corrected chi connectivity index (χ0v) is 17.8. The fourth-order valence-corrected chi connectivity index (χ4v) is 3.34. The molecule has 0 saturated heterocycles. The summed E-state index contributed by atoms with van der Waals surface area (Å²) < 4.78 is 16.7. The fraction of sp³-hybridized carbons (Fsp3) is 0.130. The van der Waals surface area contributed by atoms with Gasteiger partial charge >= 0.3 is 0 Å². The number of carbonyl (C=O) groups excluding carboxylic acids is 1. The van der Waals surface area contributed by atoms with Crippen LogP contribution in [-0.4, -0.2) is 25.3 Å². The summed E-state index contributed by atoms with van der Waals surface area (Å²) in [6.45, 7) is 1.34. The van der Waals surface area contributed by atoms with Crippen molar-refractivity contribution in [1.29, 1.82) is 0 Å². The van der Waals surface area contributed by atoms with Crippen molar-refractivity contribution in [3.8, 4) is 17.2 Å². The summed E-state index contributed by atoms with van der Waals surface area (Å²) >= 11 is 12.0. The third-order valence-electron chi connectivity index (χ3n) is 4.47. The van der Waals surface area contributed by atoms with Crippen molar-refractivity contribution in [2.24, 2.45) is 5.10 Å². The second kappa shape index (κ2) is 9.73. The van der Waals surface area contributed by atoms with Gasteiger partial charge in [0, 0.05) is 21.2 Å². The summed E-state index contributed by atoms with van der Waals surface area (Å²) in [4.78, 5) is 12.3. The summed E-state index contributed by atoms with van der Waals surface area (Å²) in [7, 11) is 0. The van der Waals surface area contributed by atoms with E-state index in [1.165, 1.54) is 0 Å². The zero-order chi connectivity index (χ0) is 21.6. The summed E-state index contributed by atoms with van der Waals surface area (Å²) in [5, 5.41) is 5.12. The molecule has 0 spiro atoms. The van der Waals surface area contributed by atoms with Crippen molar-refractivity contribution in [3.05, 3.63) is 87.4 Å². The van der Waals surface area contributed by atoms with E-state index in [1.54, 1.807) is 42.6 Å². The Bertz CT molecular complexity index is 1120. The maximum Gasteiger partial charge on any atom is 0.271 e. The lowest BCUT2D eigenvalue weighted by Gasteiger charge is -2.18. The quantitative estimate of drug-likeness (QED) is 0.413. The standard InChI is InChI=1S/C23H18Cl2N2O4/c24-18-5-2-17(20(25)12-18)14-31-19-6-3-16(4-7-19)23(28)27-26-13-15-1-8-21-22(11-15)30-10-9-29-21/h1-8,11-13H,9-10,14H2,(H,27,28)/b26-13+. The van der Waals surface area contributed by atoms with E-state index < -0.39 is 0 Å². The predicted octanol–water partition coefficient (Wildman–Crippen LogP) is 5.11. The number of halogens is 2. The van der Waals surface area contributed by atoms with Gasteiger partial charge in [-0.15, -0.1) is 0 Å². The van der Waals surface area contributed by atoms with Crippen molar-refractivity contribution in [1.82, 2.24) is 5.43 Å². The van der Waals surface area contributed by atoms with Crippen LogP contribution in [0.1, 0.15) is 21.5 Å². The Kier molecular flexibility index (Phi) is 6.60. The average Bonchev–Trinajstić information content (AvgIpc) is 2.79. The molecule has 1 aliphatic rings. The lowest BCUT2D eigenvalue weighted by atomic mass is 10.2. The molecule has 0 fully saturated rings. The number of carbonyl (C=O) groups is 1. The first kappa shape index (κ1) is 21.0. The van der Waals surface area contributed by atoms with Gasteiger partial charge in [0.05, 0.1) is 6.21 Å². The van der Waals surface area contributed by atoms with Gasteiger partial charge in [-0.25, -0.2) is 5.43 Å². The minimum Gasteiger partial charge on any atom is -0.489 e. The highest BCUT2D eigenvalue weighted by Gasteiger charge is 2.11. The van der Waals surface area contributed by atoms with E-state index in [2.05, 4.69) is 10.5 Å². The Labute approximate surface area is 189 Å². The summed E-state index contributed by atoms with van der Waals surface area (Å²) in [5.74, 6) is 1.65. The van der Waals surface area contributed by atoms with Crippen molar-refractivity contribution >= 4 is 35.3 Å². The summed E-state index contributed by atoms with van der Waals surface area (Å²) in [6.07, 6.45) is 1.55. The minimum atomic E-state index is -0.332. The number of fused-ring (bicyclic) bond motifs is 1. The molecule has 3 aromatic carbocycles. The number of hydrazone groups is 1. The molecule has 4 rings (SSSR count). The Morgan fingerprint density at radius 3 is 2.55 bits per heavy atom. The van der Waals surface area contributed by atoms with E-state index in [4.69, 9.17) is 37.4 Å². The molecular weight excluding hydrogens is 439 g/mol. The molecule has 31 heavy (non-hydrogen) atoms. The molecule has 3 aromatic rings. The van der Waals surface area contributed by atoms with Gasteiger partial charge in [0.15, 0.2) is 11.5 Å². The lowest BCUT2D eigenvalue weighted by Crippen LogP contribution is -2.17. The van der Waals surface area contributed by atoms with E-state index in [1.807, 2.05) is 24.3 Å². The highest BCUT2D eigenvalue weighted by molar-refractivity contribution is 6.35. The smallest absolute Gasteiger partial charge is 0.271 e. The largest absolute Gasteiger partial charge is 0.489 e. The average molecular weight is 457 g/mol. The Balaban J connectivity index is 1.31. The summed E-state index contributed by atoms with van der Waals surface area (Å²) in [5.41, 5.74) is 4.57. The number of rotatable bonds is 6. The molecule has 1 aliphatic heterocycles. The molecule has 158 valence electrons. The molecule has 0 aliphatic carbocycles. The van der Waals surface area contributed by atoms with Crippen molar-refractivity contribution in [2.75, 3.05) is 13.2 Å². The highest BCUT2D eigenvalue weighted by Crippen LogP contribution is 2.30. The van der Waals surface area contributed by atoms with Crippen molar-refractivity contribution in [2.45, 2.75) is 6.61 Å². The van der Waals surface area contributed by atoms with E-state index >= 15 is 0 Å². The molecule has 1 amide bonds. The van der Waals surface area contributed by atoms with Gasteiger partial charge in [-0.1, -0.05) is 29.3 Å². The molecule has 8 heteroatoms. The van der Waals surface area contributed by atoms with E-state index in [0.717, 1.165) is 11.1 Å². The number of amides is 1. The van der Waals surface area contributed by atoms with Gasteiger partial charge in [-0.2, -0.15) is 5.10 Å². The fourth-order valence-electron chi connectivity index (χ4n) is 2.87. The van der Waals surface area contributed by atoms with Crippen LogP contribution in [0.5, 0.6) is 17.2 Å². The second-order valence-electron chi connectivity index (χ2n) is 6.65. The van der Waals surface area contributed by atoms with Crippen LogP contribution in [0.3, 0.4) is 0 Å². The van der Waals surface area contributed by atoms with Crippen LogP contribution in [0, 0.1) is 0 Å². The topological polar surface area (TPSA) is 69.2 Å². The number of nitrogens with one attached hydrogen (secondary N) is 1. The first-order valence-electron chi connectivity index (χ1n) is 9.48. The van der Waals surface area contributed by atoms with E-state index in [9.17, 15) is 4.79 Å². The number of nitrogens with zero attached hydrogens (tertiary/aromatic N) is 1. The van der Waals surface area contributed by atoms with Gasteiger partial charge in [-0.05, 0) is 60.2 Å². The third-order valence-corrected chi connectivity index (χ3v) is 5.06. The van der Waals surface area contributed by atoms with Crippen LogP contribution >= 0.6 is 23.2 Å². The molecular formula is C23H18Cl2N2O4. The number of hydrogen-bond donors (Lipinski definition) is 1. The molecule has 0 radical (unpaired) electrons. The van der Waals surface area contributed by atoms with Crippen LogP contribution in [0.25, 0.3) is 0 Å². The minimum absolute atomic E-state index is 0.293. The van der Waals surface area contributed by atoms with Gasteiger partial charge in [0.1, 0.15) is 25.6 Å². The van der Waals surface area contributed by atoms with E-state index in [-0.39, 0.29) is 5.91 Å². The van der Waals surface area contributed by atoms with Gasteiger partial charge in [0.2, 0.25) is 0 Å².